The molecule has 0 aliphatic carbocycles. The van der Waals surface area contributed by atoms with Crippen LogP contribution < -0.4 is 0 Å². The molecular weight excluding hydrogens is 320 g/mol. The minimum Gasteiger partial charge on any atom is -0.508 e. The van der Waals surface area contributed by atoms with Gasteiger partial charge in [0.05, 0.1) is 0 Å². The molecule has 1 atom stereocenters. The summed E-state index contributed by atoms with van der Waals surface area (Å²) < 4.78 is 6.01. The minimum absolute atomic E-state index is 0.186. The second kappa shape index (κ2) is 7.34. The number of rotatable bonds is 2. The summed E-state index contributed by atoms with van der Waals surface area (Å²) in [6, 6.07) is 11.9. The number of hydrogen-bond acceptors (Lipinski definition) is 2. The molecule has 1 unspecified atom stereocenters. The van der Waals surface area contributed by atoms with Crippen LogP contribution in [0.5, 0.6) is 5.75 Å². The molecule has 2 aromatic carbocycles. The molecule has 0 saturated carbocycles. The van der Waals surface area contributed by atoms with E-state index in [-0.39, 0.29) is 16.6 Å². The maximum atomic E-state index is 9.67. The van der Waals surface area contributed by atoms with Crippen molar-refractivity contribution in [1.82, 2.24) is 0 Å². The molecule has 3 rings (SSSR count). The summed E-state index contributed by atoms with van der Waals surface area (Å²) in [5.74, 6) is 0.700. The number of phenolic OH excluding ortho intramolecular Hbond substituents is 1. The van der Waals surface area contributed by atoms with Gasteiger partial charge in [-0.25, -0.2) is 0 Å². The van der Waals surface area contributed by atoms with Crippen LogP contribution in [0.2, 0.25) is 0 Å². The van der Waals surface area contributed by atoms with E-state index in [1.165, 1.54) is 5.56 Å². The lowest BCUT2D eigenvalue weighted by atomic mass is 9.69. The highest BCUT2D eigenvalue weighted by atomic mass is 16.3. The van der Waals surface area contributed by atoms with Gasteiger partial charge in [0.1, 0.15) is 16.9 Å². The fraction of sp³-hybridized carbons (Fsp3) is 0.500. The number of furan rings is 1. The second-order valence-corrected chi connectivity index (χ2v) is 9.22. The molecular formula is C24H34O2. The predicted octanol–water partition coefficient (Wildman–Crippen LogP) is 7.88. The van der Waals surface area contributed by atoms with Gasteiger partial charge in [0.2, 0.25) is 0 Å². The van der Waals surface area contributed by atoms with Crippen molar-refractivity contribution in [2.24, 2.45) is 10.8 Å². The van der Waals surface area contributed by atoms with Crippen molar-refractivity contribution in [3.05, 3.63) is 42.0 Å². The molecule has 0 amide bonds. The standard InChI is InChI=1S/C22H28O2.C2H6/c1-21(2,3)13-18(22(4,5)6)14-7-9-16-17-10-8-15(23)12-20(17)24-19(16)11-14;1-2/h7-12,18,23H,13H2,1-6H3;1-2H3. The maximum absolute atomic E-state index is 9.67. The van der Waals surface area contributed by atoms with Gasteiger partial charge in [0, 0.05) is 16.8 Å². The van der Waals surface area contributed by atoms with E-state index < -0.39 is 0 Å². The first kappa shape index (κ1) is 20.4. The summed E-state index contributed by atoms with van der Waals surface area (Å²) in [5, 5.41) is 11.8. The third-order valence-electron chi connectivity index (χ3n) is 4.75. The van der Waals surface area contributed by atoms with Crippen LogP contribution in [0.4, 0.5) is 0 Å². The predicted molar refractivity (Wildman–Crippen MR) is 113 cm³/mol. The number of benzene rings is 2. The highest BCUT2D eigenvalue weighted by Crippen LogP contribution is 2.44. The fourth-order valence-electron chi connectivity index (χ4n) is 3.54. The topological polar surface area (TPSA) is 33.4 Å². The molecule has 3 aromatic rings. The molecule has 1 heterocycles. The molecule has 2 heteroatoms. The zero-order valence-electron chi connectivity index (χ0n) is 17.6. The molecule has 142 valence electrons. The first-order valence-electron chi connectivity index (χ1n) is 9.70. The van der Waals surface area contributed by atoms with Crippen molar-refractivity contribution in [2.75, 3.05) is 0 Å². The molecule has 0 radical (unpaired) electrons. The van der Waals surface area contributed by atoms with Crippen LogP contribution in [0, 0.1) is 10.8 Å². The third-order valence-corrected chi connectivity index (χ3v) is 4.75. The van der Waals surface area contributed by atoms with Crippen LogP contribution in [-0.2, 0) is 0 Å². The Morgan fingerprint density at radius 3 is 1.92 bits per heavy atom. The molecule has 0 aliphatic rings. The van der Waals surface area contributed by atoms with Gasteiger partial charge in [0.25, 0.3) is 0 Å². The average molecular weight is 355 g/mol. The Morgan fingerprint density at radius 1 is 0.846 bits per heavy atom. The molecule has 0 fully saturated rings. The van der Waals surface area contributed by atoms with Crippen molar-refractivity contribution in [1.29, 1.82) is 0 Å². The lowest BCUT2D eigenvalue weighted by molar-refractivity contribution is 0.229. The van der Waals surface area contributed by atoms with Crippen molar-refractivity contribution < 1.29 is 9.52 Å². The van der Waals surface area contributed by atoms with Crippen molar-refractivity contribution in [2.45, 2.75) is 67.7 Å². The summed E-state index contributed by atoms with van der Waals surface area (Å²) in [5.41, 5.74) is 3.42. The Balaban J connectivity index is 0.00000117. The van der Waals surface area contributed by atoms with Crippen molar-refractivity contribution >= 4 is 21.9 Å². The van der Waals surface area contributed by atoms with Gasteiger partial charge in [0.15, 0.2) is 0 Å². The fourth-order valence-corrected chi connectivity index (χ4v) is 3.54. The summed E-state index contributed by atoms with van der Waals surface area (Å²) in [7, 11) is 0. The average Bonchev–Trinajstić information content (AvgIpc) is 2.89. The van der Waals surface area contributed by atoms with E-state index in [2.05, 4.69) is 59.7 Å². The van der Waals surface area contributed by atoms with E-state index in [0.717, 1.165) is 28.4 Å². The number of aromatic hydroxyl groups is 1. The molecule has 1 aromatic heterocycles. The van der Waals surface area contributed by atoms with Crippen LogP contribution >= 0.6 is 0 Å². The summed E-state index contributed by atoms with van der Waals surface area (Å²) in [6.45, 7) is 17.8. The Morgan fingerprint density at radius 2 is 1.38 bits per heavy atom. The largest absolute Gasteiger partial charge is 0.508 e. The first-order valence-corrected chi connectivity index (χ1v) is 9.70. The van der Waals surface area contributed by atoms with E-state index in [9.17, 15) is 5.11 Å². The molecule has 2 nitrogen and oxygen atoms in total. The second-order valence-electron chi connectivity index (χ2n) is 9.22. The molecule has 26 heavy (non-hydrogen) atoms. The SMILES string of the molecule is CC.CC(C)(C)CC(c1ccc2c(c1)oc1cc(O)ccc12)C(C)(C)C. The maximum Gasteiger partial charge on any atom is 0.139 e. The molecule has 1 N–H and O–H groups in total. The first-order chi connectivity index (χ1) is 12.0. The van der Waals surface area contributed by atoms with Crippen LogP contribution in [0.15, 0.2) is 40.8 Å². The Kier molecular flexibility index (Phi) is 5.75. The highest BCUT2D eigenvalue weighted by Gasteiger charge is 2.30. The van der Waals surface area contributed by atoms with Gasteiger partial charge in [-0.3, -0.25) is 0 Å². The van der Waals surface area contributed by atoms with E-state index in [1.54, 1.807) is 12.1 Å². The van der Waals surface area contributed by atoms with Gasteiger partial charge in [-0.1, -0.05) is 67.5 Å². The van der Waals surface area contributed by atoms with Gasteiger partial charge >= 0.3 is 0 Å². The lowest BCUT2D eigenvalue weighted by Crippen LogP contribution is -2.23. The number of phenols is 1. The van der Waals surface area contributed by atoms with Crippen molar-refractivity contribution in [3.8, 4) is 5.75 Å². The molecule has 0 spiro atoms. The summed E-state index contributed by atoms with van der Waals surface area (Å²) in [4.78, 5) is 0. The smallest absolute Gasteiger partial charge is 0.139 e. The van der Waals surface area contributed by atoms with E-state index >= 15 is 0 Å². The highest BCUT2D eigenvalue weighted by molar-refractivity contribution is 6.05. The van der Waals surface area contributed by atoms with E-state index in [1.807, 2.05) is 19.9 Å². The van der Waals surface area contributed by atoms with E-state index in [4.69, 9.17) is 4.42 Å². The van der Waals surface area contributed by atoms with Gasteiger partial charge < -0.3 is 9.52 Å². The Labute approximate surface area is 158 Å². The van der Waals surface area contributed by atoms with Crippen LogP contribution in [0.1, 0.15) is 73.3 Å². The zero-order valence-corrected chi connectivity index (χ0v) is 17.6. The molecule has 0 saturated heterocycles. The summed E-state index contributed by atoms with van der Waals surface area (Å²) >= 11 is 0. The Hall–Kier alpha value is -1.96. The molecule has 0 aliphatic heterocycles. The van der Waals surface area contributed by atoms with Gasteiger partial charge in [-0.05, 0) is 46.9 Å². The van der Waals surface area contributed by atoms with Gasteiger partial charge in [-0.15, -0.1) is 0 Å². The van der Waals surface area contributed by atoms with Crippen LogP contribution in [0.3, 0.4) is 0 Å². The van der Waals surface area contributed by atoms with Crippen LogP contribution in [-0.4, -0.2) is 5.11 Å². The number of hydrogen-bond donors (Lipinski definition) is 1. The normalized spacial score (nSPS) is 13.5. The molecule has 0 bridgehead atoms. The lowest BCUT2D eigenvalue weighted by Gasteiger charge is -2.36. The zero-order chi connectivity index (χ0) is 19.7. The van der Waals surface area contributed by atoms with Gasteiger partial charge in [-0.2, -0.15) is 0 Å². The monoisotopic (exact) mass is 354 g/mol. The van der Waals surface area contributed by atoms with Crippen molar-refractivity contribution in [3.63, 3.8) is 0 Å². The Bertz CT molecular complexity index is 873. The third kappa shape index (κ3) is 4.41. The summed E-state index contributed by atoms with van der Waals surface area (Å²) in [6.07, 6.45) is 1.13. The number of fused-ring (bicyclic) bond motifs is 3. The quantitative estimate of drug-likeness (QED) is 0.507. The minimum atomic E-state index is 0.186. The van der Waals surface area contributed by atoms with Crippen LogP contribution in [0.25, 0.3) is 21.9 Å². The van der Waals surface area contributed by atoms with E-state index in [0.29, 0.717) is 5.92 Å².